The van der Waals surface area contributed by atoms with Crippen molar-refractivity contribution in [2.24, 2.45) is 0 Å². The van der Waals surface area contributed by atoms with Gasteiger partial charge in [0.05, 0.1) is 17.6 Å². The molecule has 106 valence electrons. The van der Waals surface area contributed by atoms with E-state index >= 15 is 0 Å². The predicted molar refractivity (Wildman–Crippen MR) is 71.4 cm³/mol. The summed E-state index contributed by atoms with van der Waals surface area (Å²) in [4.78, 5) is 36.4. The Balaban J connectivity index is 2.17. The number of benzene rings is 1. The van der Waals surface area contributed by atoms with Gasteiger partial charge in [0.25, 0.3) is 0 Å². The first-order valence-corrected chi connectivity index (χ1v) is 6.02. The standard InChI is InChI=1S/C13H14N2O5/c1-9(16)20-7-6-19-8-15-11-5-3-2-4-10(11)14-12(17)13(15)18/h2-5H,6-8H2,1H3,(H,14,17). The molecule has 0 fully saturated rings. The average Bonchev–Trinajstić information content (AvgIpc) is 2.42. The van der Waals surface area contributed by atoms with Gasteiger partial charge in [-0.05, 0) is 12.1 Å². The molecular formula is C13H14N2O5. The van der Waals surface area contributed by atoms with Crippen molar-refractivity contribution < 1.29 is 14.3 Å². The SMILES string of the molecule is CC(=O)OCCOCn1c(=O)c(=O)[nH]c2ccccc21. The van der Waals surface area contributed by atoms with Crippen LogP contribution in [0.2, 0.25) is 0 Å². The fraction of sp³-hybridized carbons (Fsp3) is 0.308. The fourth-order valence-electron chi connectivity index (χ4n) is 1.75. The van der Waals surface area contributed by atoms with Gasteiger partial charge in [-0.1, -0.05) is 12.1 Å². The first-order valence-electron chi connectivity index (χ1n) is 6.02. The zero-order valence-corrected chi connectivity index (χ0v) is 10.9. The zero-order chi connectivity index (χ0) is 14.5. The molecule has 20 heavy (non-hydrogen) atoms. The van der Waals surface area contributed by atoms with Crippen LogP contribution in [0.1, 0.15) is 6.92 Å². The number of rotatable bonds is 5. The Labute approximate surface area is 113 Å². The molecule has 0 radical (unpaired) electrons. The Bertz CT molecular complexity index is 731. The first kappa shape index (κ1) is 14.0. The van der Waals surface area contributed by atoms with Crippen LogP contribution in [-0.4, -0.2) is 28.7 Å². The Hall–Kier alpha value is -2.41. The summed E-state index contributed by atoms with van der Waals surface area (Å²) in [5, 5.41) is 0. The third-order valence-corrected chi connectivity index (χ3v) is 2.64. The van der Waals surface area contributed by atoms with Gasteiger partial charge in [-0.15, -0.1) is 0 Å². The minimum atomic E-state index is -0.702. The highest BCUT2D eigenvalue weighted by Gasteiger charge is 2.06. The van der Waals surface area contributed by atoms with Gasteiger partial charge in [0, 0.05) is 6.92 Å². The van der Waals surface area contributed by atoms with Crippen molar-refractivity contribution in [3.8, 4) is 0 Å². The number of carbonyl (C=O) groups is 1. The van der Waals surface area contributed by atoms with Crippen LogP contribution in [0.5, 0.6) is 0 Å². The third-order valence-electron chi connectivity index (χ3n) is 2.64. The molecule has 0 unspecified atom stereocenters. The van der Waals surface area contributed by atoms with E-state index in [0.29, 0.717) is 11.0 Å². The van der Waals surface area contributed by atoms with Crippen LogP contribution in [0, 0.1) is 0 Å². The van der Waals surface area contributed by atoms with Crippen LogP contribution in [0.3, 0.4) is 0 Å². The van der Waals surface area contributed by atoms with Gasteiger partial charge in [0.15, 0.2) is 0 Å². The van der Waals surface area contributed by atoms with E-state index in [1.807, 2.05) is 0 Å². The molecule has 0 saturated heterocycles. The molecule has 0 amide bonds. The molecule has 1 aromatic carbocycles. The first-order chi connectivity index (χ1) is 9.59. The molecule has 7 nitrogen and oxygen atoms in total. The zero-order valence-electron chi connectivity index (χ0n) is 10.9. The second-order valence-electron chi connectivity index (χ2n) is 4.08. The molecule has 7 heteroatoms. The Morgan fingerprint density at radius 3 is 2.75 bits per heavy atom. The maximum absolute atomic E-state index is 11.8. The van der Waals surface area contributed by atoms with Crippen molar-refractivity contribution in [2.75, 3.05) is 13.2 Å². The Morgan fingerprint density at radius 1 is 1.25 bits per heavy atom. The van der Waals surface area contributed by atoms with Crippen LogP contribution in [0.4, 0.5) is 0 Å². The van der Waals surface area contributed by atoms with Gasteiger partial charge in [0.2, 0.25) is 0 Å². The summed E-state index contributed by atoms with van der Waals surface area (Å²) >= 11 is 0. The molecule has 2 rings (SSSR count). The lowest BCUT2D eigenvalue weighted by Crippen LogP contribution is -2.37. The molecule has 1 N–H and O–H groups in total. The van der Waals surface area contributed by atoms with Crippen LogP contribution >= 0.6 is 0 Å². The lowest BCUT2D eigenvalue weighted by molar-refractivity contribution is -0.142. The van der Waals surface area contributed by atoms with Gasteiger partial charge in [0.1, 0.15) is 13.3 Å². The van der Waals surface area contributed by atoms with Gasteiger partial charge in [-0.25, -0.2) is 0 Å². The topological polar surface area (TPSA) is 90.4 Å². The summed E-state index contributed by atoms with van der Waals surface area (Å²) in [6.07, 6.45) is 0. The lowest BCUT2D eigenvalue weighted by Gasteiger charge is -2.10. The summed E-state index contributed by atoms with van der Waals surface area (Å²) in [6, 6.07) is 6.93. The largest absolute Gasteiger partial charge is 0.463 e. The second kappa shape index (κ2) is 6.16. The molecule has 0 saturated carbocycles. The monoisotopic (exact) mass is 278 g/mol. The summed E-state index contributed by atoms with van der Waals surface area (Å²) in [5.41, 5.74) is -0.256. The summed E-state index contributed by atoms with van der Waals surface area (Å²) in [5.74, 6) is -0.396. The number of fused-ring (bicyclic) bond motifs is 1. The molecule has 0 bridgehead atoms. The van der Waals surface area contributed by atoms with Crippen molar-refractivity contribution in [3.05, 3.63) is 45.0 Å². The van der Waals surface area contributed by atoms with E-state index in [1.54, 1.807) is 24.3 Å². The maximum atomic E-state index is 11.8. The van der Waals surface area contributed by atoms with E-state index in [9.17, 15) is 14.4 Å². The Kier molecular flexibility index (Phi) is 4.31. The smallest absolute Gasteiger partial charge is 0.318 e. The molecule has 2 aromatic rings. The van der Waals surface area contributed by atoms with Crippen LogP contribution in [0.15, 0.2) is 33.9 Å². The highest BCUT2D eigenvalue weighted by molar-refractivity contribution is 5.74. The number of carbonyl (C=O) groups excluding carboxylic acids is 1. The van der Waals surface area contributed by atoms with Crippen molar-refractivity contribution >= 4 is 17.0 Å². The molecule has 0 aliphatic heterocycles. The number of aromatic nitrogens is 2. The fourth-order valence-corrected chi connectivity index (χ4v) is 1.75. The number of ether oxygens (including phenoxy) is 2. The minimum Gasteiger partial charge on any atom is -0.463 e. The van der Waals surface area contributed by atoms with Gasteiger partial charge >= 0.3 is 17.1 Å². The van der Waals surface area contributed by atoms with E-state index in [-0.39, 0.29) is 19.9 Å². The lowest BCUT2D eigenvalue weighted by atomic mass is 10.3. The number of hydrogen-bond acceptors (Lipinski definition) is 5. The minimum absolute atomic E-state index is 0.0788. The number of hydrogen-bond donors (Lipinski definition) is 1. The van der Waals surface area contributed by atoms with Crippen LogP contribution < -0.4 is 11.1 Å². The summed E-state index contributed by atoms with van der Waals surface area (Å²) in [6.45, 7) is 1.47. The van der Waals surface area contributed by atoms with E-state index in [4.69, 9.17) is 9.47 Å². The highest BCUT2D eigenvalue weighted by Crippen LogP contribution is 2.06. The maximum Gasteiger partial charge on any atom is 0.318 e. The molecule has 0 atom stereocenters. The van der Waals surface area contributed by atoms with Crippen LogP contribution in [-0.2, 0) is 21.0 Å². The molecule has 1 heterocycles. The van der Waals surface area contributed by atoms with E-state index in [0.717, 1.165) is 0 Å². The van der Waals surface area contributed by atoms with Crippen molar-refractivity contribution in [3.63, 3.8) is 0 Å². The van der Waals surface area contributed by atoms with Crippen molar-refractivity contribution in [2.45, 2.75) is 13.7 Å². The van der Waals surface area contributed by atoms with Gasteiger partial charge < -0.3 is 14.5 Å². The van der Waals surface area contributed by atoms with Gasteiger partial charge in [-0.2, -0.15) is 0 Å². The second-order valence-corrected chi connectivity index (χ2v) is 4.08. The number of aromatic amines is 1. The molecule has 0 aliphatic rings. The van der Waals surface area contributed by atoms with Gasteiger partial charge in [-0.3, -0.25) is 19.0 Å². The molecule has 1 aromatic heterocycles. The van der Waals surface area contributed by atoms with Crippen molar-refractivity contribution in [1.82, 2.24) is 9.55 Å². The van der Waals surface area contributed by atoms with E-state index < -0.39 is 17.1 Å². The number of para-hydroxylation sites is 2. The highest BCUT2D eigenvalue weighted by atomic mass is 16.6. The Morgan fingerprint density at radius 2 is 2.00 bits per heavy atom. The number of nitrogens with one attached hydrogen (secondary N) is 1. The molecule has 0 aliphatic carbocycles. The quantitative estimate of drug-likeness (QED) is 0.480. The van der Waals surface area contributed by atoms with E-state index in [2.05, 4.69) is 4.98 Å². The number of H-pyrrole nitrogens is 1. The summed E-state index contributed by atoms with van der Waals surface area (Å²) < 4.78 is 11.2. The third kappa shape index (κ3) is 3.12. The van der Waals surface area contributed by atoms with E-state index in [1.165, 1.54) is 11.5 Å². The van der Waals surface area contributed by atoms with Crippen LogP contribution in [0.25, 0.3) is 11.0 Å². The van der Waals surface area contributed by atoms with Crippen molar-refractivity contribution in [1.29, 1.82) is 0 Å². The number of nitrogens with zero attached hydrogens (tertiary/aromatic N) is 1. The molecule has 0 spiro atoms. The predicted octanol–water partition coefficient (Wildman–Crippen LogP) is 0.227. The average molecular weight is 278 g/mol. The summed E-state index contributed by atoms with van der Waals surface area (Å²) in [7, 11) is 0. The molecular weight excluding hydrogens is 264 g/mol. The normalized spacial score (nSPS) is 10.7. The number of esters is 1.